The maximum atomic E-state index is 8.75. The Morgan fingerprint density at radius 2 is 2.43 bits per heavy atom. The van der Waals surface area contributed by atoms with Crippen molar-refractivity contribution in [3.05, 3.63) is 35.9 Å². The Kier molecular flexibility index (Phi) is 2.28. The van der Waals surface area contributed by atoms with Crippen molar-refractivity contribution in [2.24, 2.45) is 0 Å². The summed E-state index contributed by atoms with van der Waals surface area (Å²) < 4.78 is 10.2. The molecule has 4 nitrogen and oxygen atoms in total. The van der Waals surface area contributed by atoms with Crippen LogP contribution in [0.25, 0.3) is 0 Å². The zero-order chi connectivity index (χ0) is 9.80. The monoisotopic (exact) mass is 184 g/mol. The van der Waals surface area contributed by atoms with Crippen LogP contribution in [0, 0.1) is 11.3 Å². The second-order valence-electron chi connectivity index (χ2n) is 2.50. The van der Waals surface area contributed by atoms with Gasteiger partial charge in [-0.1, -0.05) is 0 Å². The summed E-state index contributed by atoms with van der Waals surface area (Å²) in [6.45, 7) is 0. The van der Waals surface area contributed by atoms with Crippen LogP contribution in [0.2, 0.25) is 0 Å². The summed E-state index contributed by atoms with van der Waals surface area (Å²) in [5.74, 6) is 2.27. The van der Waals surface area contributed by atoms with E-state index in [-0.39, 0.29) is 5.88 Å². The zero-order valence-corrected chi connectivity index (χ0v) is 7.18. The van der Waals surface area contributed by atoms with E-state index in [1.807, 2.05) is 6.07 Å². The first-order valence-electron chi connectivity index (χ1n) is 3.96. The van der Waals surface area contributed by atoms with E-state index in [9.17, 15) is 0 Å². The van der Waals surface area contributed by atoms with Crippen molar-refractivity contribution < 1.29 is 9.07 Å². The van der Waals surface area contributed by atoms with Crippen LogP contribution in [-0.4, -0.2) is 12.1 Å². The van der Waals surface area contributed by atoms with Crippen LogP contribution in [0.1, 0.15) is 5.56 Å². The summed E-state index contributed by atoms with van der Waals surface area (Å²) in [6, 6.07) is 6.93. The number of nitrogens with zero attached hydrogens (tertiary/aromatic N) is 2. The molecular formula is C9H5BN2O2. The number of hydrogen-bond donors (Lipinski definition) is 0. The van der Waals surface area contributed by atoms with E-state index >= 15 is 0 Å². The van der Waals surface area contributed by atoms with Crippen LogP contribution >= 0.6 is 0 Å². The molecule has 0 amide bonds. The van der Waals surface area contributed by atoms with Crippen LogP contribution in [0.5, 0.6) is 11.8 Å². The van der Waals surface area contributed by atoms with E-state index in [1.165, 1.54) is 7.13 Å². The number of ether oxygens (including phenoxy) is 1. The van der Waals surface area contributed by atoms with Gasteiger partial charge in [-0.15, -0.1) is 0 Å². The number of pyridine rings is 1. The first-order valence-corrected chi connectivity index (χ1v) is 3.96. The standard InChI is InChI=1S/C9H5BN2O2/c11-6-7-2-1-5-12-9(7)13-8-3-4-10-14-8/h1-5H. The number of hydrogen-bond acceptors (Lipinski definition) is 4. The molecule has 0 fully saturated rings. The Labute approximate surface area is 81.0 Å². The molecule has 2 heterocycles. The topological polar surface area (TPSA) is 59.0 Å². The minimum absolute atomic E-state index is 0.255. The molecule has 0 aromatic carbocycles. The van der Waals surface area contributed by atoms with E-state index < -0.39 is 0 Å². The maximum absolute atomic E-state index is 8.75. The molecular weight excluding hydrogens is 179 g/mol. The average molecular weight is 184 g/mol. The molecule has 0 spiro atoms. The number of rotatable bonds is 2. The Morgan fingerprint density at radius 3 is 3.14 bits per heavy atom. The minimum atomic E-state index is 0.255. The molecule has 2 aromatic rings. The summed E-state index contributed by atoms with van der Waals surface area (Å²) in [5.41, 5.74) is 0.379. The number of aromatic nitrogens is 1. The quantitative estimate of drug-likeness (QED) is 0.712. The number of nitriles is 1. The van der Waals surface area contributed by atoms with Crippen molar-refractivity contribution in [1.82, 2.24) is 4.98 Å². The van der Waals surface area contributed by atoms with Crippen LogP contribution < -0.4 is 4.74 Å². The molecule has 0 unspecified atom stereocenters. The van der Waals surface area contributed by atoms with E-state index in [1.54, 1.807) is 30.4 Å². The van der Waals surface area contributed by atoms with Gasteiger partial charge in [-0.3, -0.25) is 0 Å². The van der Waals surface area contributed by atoms with Gasteiger partial charge in [-0.05, 0) is 0 Å². The van der Waals surface area contributed by atoms with Gasteiger partial charge in [0.25, 0.3) is 0 Å². The summed E-state index contributed by atoms with van der Waals surface area (Å²) >= 11 is 0. The van der Waals surface area contributed by atoms with Crippen molar-refractivity contribution >= 4 is 7.13 Å². The van der Waals surface area contributed by atoms with Gasteiger partial charge in [0.2, 0.25) is 0 Å². The van der Waals surface area contributed by atoms with Crippen molar-refractivity contribution in [2.45, 2.75) is 0 Å². The molecule has 2 rings (SSSR count). The van der Waals surface area contributed by atoms with Crippen molar-refractivity contribution in [3.63, 3.8) is 0 Å². The predicted molar refractivity (Wildman–Crippen MR) is 49.1 cm³/mol. The Hall–Kier alpha value is -2.09. The van der Waals surface area contributed by atoms with Crippen LogP contribution in [0.4, 0.5) is 0 Å². The third-order valence-electron chi connectivity index (χ3n) is 1.58. The predicted octanol–water partition coefficient (Wildman–Crippen LogP) is 1.68. The Balaban J connectivity index is 2.30. The first kappa shape index (κ1) is 8.51. The van der Waals surface area contributed by atoms with Gasteiger partial charge in [0.15, 0.2) is 0 Å². The van der Waals surface area contributed by atoms with E-state index in [0.29, 0.717) is 11.5 Å². The molecule has 0 atom stereocenters. The average Bonchev–Trinajstić information content (AvgIpc) is 2.71. The fourth-order valence-electron chi connectivity index (χ4n) is 0.974. The van der Waals surface area contributed by atoms with E-state index in [2.05, 4.69) is 4.98 Å². The molecule has 0 radical (unpaired) electrons. The van der Waals surface area contributed by atoms with Gasteiger partial charge in [0.1, 0.15) is 0 Å². The van der Waals surface area contributed by atoms with Crippen molar-refractivity contribution in [2.75, 3.05) is 0 Å². The Morgan fingerprint density at radius 1 is 1.50 bits per heavy atom. The molecule has 0 saturated carbocycles. The third kappa shape index (κ3) is 1.64. The first-order chi connectivity index (χ1) is 6.90. The molecule has 0 aliphatic rings. The molecule has 5 heteroatoms. The molecule has 0 aliphatic carbocycles. The molecule has 66 valence electrons. The second kappa shape index (κ2) is 3.75. The van der Waals surface area contributed by atoms with Crippen molar-refractivity contribution in [1.29, 1.82) is 5.26 Å². The van der Waals surface area contributed by atoms with Crippen LogP contribution in [-0.2, 0) is 0 Å². The van der Waals surface area contributed by atoms with Gasteiger partial charge in [0.05, 0.1) is 0 Å². The van der Waals surface area contributed by atoms with Gasteiger partial charge >= 0.3 is 80.3 Å². The van der Waals surface area contributed by atoms with E-state index in [4.69, 9.17) is 14.3 Å². The Bertz CT molecular complexity index is 462. The molecule has 2 aromatic heterocycles. The third-order valence-corrected chi connectivity index (χ3v) is 1.58. The van der Waals surface area contributed by atoms with Crippen LogP contribution in [0.3, 0.4) is 0 Å². The van der Waals surface area contributed by atoms with Gasteiger partial charge in [-0.25, -0.2) is 0 Å². The molecule has 0 N–H and O–H groups in total. The van der Waals surface area contributed by atoms with Crippen molar-refractivity contribution in [3.8, 4) is 17.9 Å². The molecule has 0 bridgehead atoms. The summed E-state index contributed by atoms with van der Waals surface area (Å²) in [6.07, 6.45) is 1.55. The molecule has 14 heavy (non-hydrogen) atoms. The van der Waals surface area contributed by atoms with Gasteiger partial charge in [-0.2, -0.15) is 0 Å². The summed E-state index contributed by atoms with van der Waals surface area (Å²) in [4.78, 5) is 3.92. The normalized spacial score (nSPS) is 9.07. The van der Waals surface area contributed by atoms with Gasteiger partial charge < -0.3 is 0 Å². The zero-order valence-electron chi connectivity index (χ0n) is 7.18. The van der Waals surface area contributed by atoms with Crippen LogP contribution in [0.15, 0.2) is 34.7 Å². The summed E-state index contributed by atoms with van der Waals surface area (Å²) in [7, 11) is 1.49. The summed E-state index contributed by atoms with van der Waals surface area (Å²) in [5, 5.41) is 8.75. The second-order valence-corrected chi connectivity index (χ2v) is 2.50. The fraction of sp³-hybridized carbons (Fsp3) is 0. The molecule has 0 saturated heterocycles. The fourth-order valence-corrected chi connectivity index (χ4v) is 0.974. The van der Waals surface area contributed by atoms with Gasteiger partial charge in [0, 0.05) is 0 Å². The molecule has 0 aliphatic heterocycles. The van der Waals surface area contributed by atoms with E-state index in [0.717, 1.165) is 0 Å². The SMILES string of the molecule is N#Cc1cccnc1Oc1ccbo1.